The molecule has 2 aliphatic heterocycles. The fourth-order valence-electron chi connectivity index (χ4n) is 2.59. The molecule has 1 aromatic rings. The summed E-state index contributed by atoms with van der Waals surface area (Å²) in [5.74, 6) is -0.0409. The number of thiocarbonyl (C=S) groups is 1. The van der Waals surface area contributed by atoms with Crippen molar-refractivity contribution in [2.24, 2.45) is 0 Å². The molecule has 2 heterocycles. The van der Waals surface area contributed by atoms with Crippen LogP contribution >= 0.6 is 24.0 Å². The summed E-state index contributed by atoms with van der Waals surface area (Å²) in [4.78, 5) is 14.6. The summed E-state index contributed by atoms with van der Waals surface area (Å²) in [7, 11) is -3.04. The van der Waals surface area contributed by atoms with Gasteiger partial charge in [0.15, 0.2) is 9.84 Å². The molecule has 0 bridgehead atoms. The molecule has 0 aliphatic carbocycles. The van der Waals surface area contributed by atoms with Crippen LogP contribution in [0.5, 0.6) is 0 Å². The van der Waals surface area contributed by atoms with E-state index in [-0.39, 0.29) is 23.5 Å². The lowest BCUT2D eigenvalue weighted by Gasteiger charge is -2.20. The molecule has 4 nitrogen and oxygen atoms in total. The molecule has 0 aromatic heterocycles. The van der Waals surface area contributed by atoms with E-state index in [0.29, 0.717) is 15.6 Å². The zero-order valence-electron chi connectivity index (χ0n) is 12.0. The van der Waals surface area contributed by atoms with Gasteiger partial charge in [-0.2, -0.15) is 0 Å². The number of carbonyl (C=O) groups is 1. The maximum absolute atomic E-state index is 12.5. The van der Waals surface area contributed by atoms with Gasteiger partial charge in [0.2, 0.25) is 0 Å². The lowest BCUT2D eigenvalue weighted by molar-refractivity contribution is -0.123. The number of hydrogen-bond donors (Lipinski definition) is 0. The Morgan fingerprint density at radius 1 is 1.32 bits per heavy atom. The Hall–Kier alpha value is -1.18. The van der Waals surface area contributed by atoms with E-state index in [2.05, 4.69) is 0 Å². The second-order valence-electron chi connectivity index (χ2n) is 5.52. The number of thioether (sulfide) groups is 1. The maximum atomic E-state index is 12.5. The number of carbonyl (C=O) groups excluding carboxylic acids is 1. The van der Waals surface area contributed by atoms with E-state index in [1.807, 2.05) is 37.3 Å². The van der Waals surface area contributed by atoms with Gasteiger partial charge in [0.1, 0.15) is 4.32 Å². The summed E-state index contributed by atoms with van der Waals surface area (Å²) in [6.45, 7) is 2.00. The van der Waals surface area contributed by atoms with Crippen molar-refractivity contribution in [3.63, 3.8) is 0 Å². The fourth-order valence-corrected chi connectivity index (χ4v) is 5.69. The highest BCUT2D eigenvalue weighted by Gasteiger charge is 2.41. The number of benzene rings is 1. The Kier molecular flexibility index (Phi) is 4.13. The first-order valence-electron chi connectivity index (χ1n) is 6.90. The van der Waals surface area contributed by atoms with Crippen LogP contribution in [0.2, 0.25) is 0 Å². The van der Waals surface area contributed by atoms with Crippen LogP contribution in [-0.4, -0.2) is 41.1 Å². The van der Waals surface area contributed by atoms with E-state index in [1.54, 1.807) is 0 Å². The minimum Gasteiger partial charge on any atom is -0.289 e. The molecule has 0 radical (unpaired) electrons. The van der Waals surface area contributed by atoms with Crippen LogP contribution in [-0.2, 0) is 14.6 Å². The second kappa shape index (κ2) is 5.79. The largest absolute Gasteiger partial charge is 0.289 e. The third kappa shape index (κ3) is 3.11. The Bertz CT molecular complexity index is 766. The van der Waals surface area contributed by atoms with Crippen LogP contribution in [0.4, 0.5) is 0 Å². The molecule has 7 heteroatoms. The van der Waals surface area contributed by atoms with Gasteiger partial charge in [0.05, 0.1) is 22.5 Å². The third-order valence-corrected chi connectivity index (χ3v) is 6.85. The molecular weight excluding hydrogens is 338 g/mol. The maximum Gasteiger partial charge on any atom is 0.266 e. The van der Waals surface area contributed by atoms with Crippen molar-refractivity contribution in [2.75, 3.05) is 11.5 Å². The van der Waals surface area contributed by atoms with Crippen LogP contribution in [0.15, 0.2) is 29.2 Å². The van der Waals surface area contributed by atoms with Gasteiger partial charge < -0.3 is 0 Å². The van der Waals surface area contributed by atoms with Gasteiger partial charge in [-0.15, -0.1) is 0 Å². The molecular formula is C15H15NO3S3. The highest BCUT2D eigenvalue weighted by atomic mass is 32.2. The number of sulfone groups is 1. The Balaban J connectivity index is 1.84. The third-order valence-electron chi connectivity index (χ3n) is 3.77. The number of amides is 1. The predicted octanol–water partition coefficient (Wildman–Crippen LogP) is 2.38. The number of nitrogens with zero attached hydrogens (tertiary/aromatic N) is 1. The minimum atomic E-state index is -3.04. The summed E-state index contributed by atoms with van der Waals surface area (Å²) < 4.78 is 23.7. The SMILES string of the molecule is Cc1ccc(C=C2SC(=S)N(C3CCS(=O)(=O)C3)C2=O)cc1. The van der Waals surface area contributed by atoms with Crippen LogP contribution in [0, 0.1) is 6.92 Å². The van der Waals surface area contributed by atoms with E-state index in [4.69, 9.17) is 12.2 Å². The van der Waals surface area contributed by atoms with Gasteiger partial charge in [-0.05, 0) is 25.0 Å². The van der Waals surface area contributed by atoms with Crippen molar-refractivity contribution in [3.8, 4) is 0 Å². The predicted molar refractivity (Wildman–Crippen MR) is 93.2 cm³/mol. The van der Waals surface area contributed by atoms with E-state index >= 15 is 0 Å². The zero-order valence-corrected chi connectivity index (χ0v) is 14.4. The van der Waals surface area contributed by atoms with Crippen molar-refractivity contribution in [3.05, 3.63) is 40.3 Å². The molecule has 0 saturated carbocycles. The average Bonchev–Trinajstić information content (AvgIpc) is 2.93. The first-order valence-corrected chi connectivity index (χ1v) is 9.94. The molecule has 1 atom stereocenters. The summed E-state index contributed by atoms with van der Waals surface area (Å²) in [6, 6.07) is 7.54. The van der Waals surface area contributed by atoms with Crippen LogP contribution in [0.25, 0.3) is 6.08 Å². The molecule has 2 saturated heterocycles. The molecule has 0 spiro atoms. The molecule has 0 N–H and O–H groups in total. The van der Waals surface area contributed by atoms with E-state index in [0.717, 1.165) is 11.1 Å². The molecule has 2 aliphatic rings. The fraction of sp³-hybridized carbons (Fsp3) is 0.333. The Morgan fingerprint density at radius 3 is 2.59 bits per heavy atom. The van der Waals surface area contributed by atoms with Crippen molar-refractivity contribution < 1.29 is 13.2 Å². The molecule has 2 fully saturated rings. The average molecular weight is 353 g/mol. The standard InChI is InChI=1S/C15H15NO3S3/c1-10-2-4-11(5-3-10)8-13-14(17)16(15(20)21-13)12-6-7-22(18,19)9-12/h2-5,8,12H,6-7,9H2,1H3. The Morgan fingerprint density at radius 2 is 2.00 bits per heavy atom. The van der Waals surface area contributed by atoms with Crippen LogP contribution in [0.1, 0.15) is 17.5 Å². The zero-order chi connectivity index (χ0) is 15.9. The van der Waals surface area contributed by atoms with Gasteiger partial charge in [0, 0.05) is 0 Å². The first-order chi connectivity index (χ1) is 10.4. The van der Waals surface area contributed by atoms with E-state index < -0.39 is 9.84 Å². The lowest BCUT2D eigenvalue weighted by atomic mass is 10.1. The lowest BCUT2D eigenvalue weighted by Crippen LogP contribution is -2.39. The van der Waals surface area contributed by atoms with Crippen molar-refractivity contribution >= 4 is 50.1 Å². The van der Waals surface area contributed by atoms with Crippen molar-refractivity contribution in [1.82, 2.24) is 4.90 Å². The molecule has 1 aromatic carbocycles. The van der Waals surface area contributed by atoms with E-state index in [1.165, 1.54) is 16.7 Å². The summed E-state index contributed by atoms with van der Waals surface area (Å²) in [6.07, 6.45) is 2.27. The monoisotopic (exact) mass is 353 g/mol. The Labute approximate surface area is 139 Å². The smallest absolute Gasteiger partial charge is 0.266 e. The first kappa shape index (κ1) is 15.7. The van der Waals surface area contributed by atoms with Gasteiger partial charge >= 0.3 is 0 Å². The van der Waals surface area contributed by atoms with Crippen LogP contribution in [0.3, 0.4) is 0 Å². The van der Waals surface area contributed by atoms with Crippen molar-refractivity contribution in [2.45, 2.75) is 19.4 Å². The molecule has 116 valence electrons. The quantitative estimate of drug-likeness (QED) is 0.604. The van der Waals surface area contributed by atoms with Gasteiger partial charge in [-0.25, -0.2) is 8.42 Å². The molecule has 22 heavy (non-hydrogen) atoms. The van der Waals surface area contributed by atoms with Gasteiger partial charge in [-0.3, -0.25) is 9.69 Å². The second-order valence-corrected chi connectivity index (χ2v) is 9.42. The van der Waals surface area contributed by atoms with Gasteiger partial charge in [-0.1, -0.05) is 53.8 Å². The van der Waals surface area contributed by atoms with Gasteiger partial charge in [0.25, 0.3) is 5.91 Å². The van der Waals surface area contributed by atoms with Crippen molar-refractivity contribution in [1.29, 1.82) is 0 Å². The normalized spacial score (nSPS) is 26.1. The molecule has 1 unspecified atom stereocenters. The minimum absolute atomic E-state index is 0.0112. The highest BCUT2D eigenvalue weighted by Crippen LogP contribution is 2.36. The summed E-state index contributed by atoms with van der Waals surface area (Å²) >= 11 is 6.52. The number of aryl methyl sites for hydroxylation is 1. The highest BCUT2D eigenvalue weighted by molar-refractivity contribution is 8.26. The summed E-state index contributed by atoms with van der Waals surface area (Å²) in [5.41, 5.74) is 2.09. The number of rotatable bonds is 2. The van der Waals surface area contributed by atoms with E-state index in [9.17, 15) is 13.2 Å². The molecule has 1 amide bonds. The summed E-state index contributed by atoms with van der Waals surface area (Å²) in [5, 5.41) is 0. The topological polar surface area (TPSA) is 54.5 Å². The number of hydrogen-bond acceptors (Lipinski definition) is 5. The molecule has 3 rings (SSSR count). The van der Waals surface area contributed by atoms with Crippen LogP contribution < -0.4 is 0 Å².